The number of nitriles is 1. The monoisotopic (exact) mass is 198 g/mol. The Kier molecular flexibility index (Phi) is 3.68. The van der Waals surface area contributed by atoms with E-state index in [0.717, 1.165) is 5.56 Å². The van der Waals surface area contributed by atoms with Crippen LogP contribution in [-0.2, 0) is 0 Å². The van der Waals surface area contributed by atoms with Gasteiger partial charge in [-0.1, -0.05) is 26.0 Å². The molecule has 1 aromatic carbocycles. The van der Waals surface area contributed by atoms with Crippen LogP contribution >= 0.6 is 0 Å². The Morgan fingerprint density at radius 2 is 2.00 bits per heavy atom. The molecule has 1 aromatic rings. The van der Waals surface area contributed by atoms with Crippen molar-refractivity contribution in [2.24, 2.45) is 0 Å². The fourth-order valence-corrected chi connectivity index (χ4v) is 1.62. The number of benzene rings is 1. The minimum atomic E-state index is 0.0516. The zero-order chi connectivity index (χ0) is 11.4. The first-order valence-corrected chi connectivity index (χ1v) is 5.09. The van der Waals surface area contributed by atoms with Crippen LogP contribution in [0.1, 0.15) is 42.4 Å². The number of hydrogen-bond acceptors (Lipinski definition) is 1. The van der Waals surface area contributed by atoms with Gasteiger partial charge in [0.2, 0.25) is 0 Å². The van der Waals surface area contributed by atoms with E-state index in [0.29, 0.717) is 11.5 Å². The van der Waals surface area contributed by atoms with Crippen LogP contribution < -0.4 is 0 Å². The smallest absolute Gasteiger partial charge is 0.0991 e. The lowest BCUT2D eigenvalue weighted by Crippen LogP contribution is -2.00. The molecule has 0 spiro atoms. The summed E-state index contributed by atoms with van der Waals surface area (Å²) in [5.41, 5.74) is 3.04. The molecule has 0 amide bonds. The molecule has 15 heavy (non-hydrogen) atoms. The SMILES string of the molecule is [CH2]C(C=C)c1cc(C#N)ccc1C(C)C. The second kappa shape index (κ2) is 4.79. The van der Waals surface area contributed by atoms with Crippen LogP contribution in [0, 0.1) is 18.3 Å². The van der Waals surface area contributed by atoms with Crippen molar-refractivity contribution in [2.75, 3.05) is 0 Å². The van der Waals surface area contributed by atoms with Gasteiger partial charge in [-0.25, -0.2) is 0 Å². The summed E-state index contributed by atoms with van der Waals surface area (Å²) in [7, 11) is 0. The minimum Gasteiger partial charge on any atom is -0.192 e. The summed E-state index contributed by atoms with van der Waals surface area (Å²) >= 11 is 0. The number of nitrogens with zero attached hydrogens (tertiary/aromatic N) is 1. The Morgan fingerprint density at radius 1 is 1.33 bits per heavy atom. The third kappa shape index (κ3) is 2.47. The van der Waals surface area contributed by atoms with E-state index in [1.165, 1.54) is 5.56 Å². The summed E-state index contributed by atoms with van der Waals surface area (Å²) in [5.74, 6) is 0.493. The van der Waals surface area contributed by atoms with Crippen molar-refractivity contribution in [3.05, 3.63) is 54.5 Å². The van der Waals surface area contributed by atoms with Crippen molar-refractivity contribution in [3.63, 3.8) is 0 Å². The van der Waals surface area contributed by atoms with Gasteiger partial charge in [0.25, 0.3) is 0 Å². The molecule has 0 aliphatic carbocycles. The predicted molar refractivity (Wildman–Crippen MR) is 63.5 cm³/mol. The van der Waals surface area contributed by atoms with Crippen molar-refractivity contribution >= 4 is 0 Å². The molecule has 0 N–H and O–H groups in total. The summed E-state index contributed by atoms with van der Waals surface area (Å²) in [5, 5.41) is 8.85. The molecule has 77 valence electrons. The van der Waals surface area contributed by atoms with Gasteiger partial charge in [0.1, 0.15) is 0 Å². The van der Waals surface area contributed by atoms with Crippen LogP contribution in [0.5, 0.6) is 0 Å². The highest BCUT2D eigenvalue weighted by molar-refractivity contribution is 5.43. The highest BCUT2D eigenvalue weighted by Crippen LogP contribution is 2.27. The van der Waals surface area contributed by atoms with Gasteiger partial charge in [0.05, 0.1) is 11.6 Å². The molecule has 1 radical (unpaired) electrons. The van der Waals surface area contributed by atoms with Gasteiger partial charge in [0.15, 0.2) is 0 Å². The van der Waals surface area contributed by atoms with Crippen LogP contribution in [0.4, 0.5) is 0 Å². The first kappa shape index (κ1) is 11.5. The Balaban J connectivity index is 3.29. The molecule has 0 aliphatic rings. The molecule has 1 rings (SSSR count). The van der Waals surface area contributed by atoms with E-state index in [1.807, 2.05) is 24.3 Å². The molecule has 1 atom stereocenters. The van der Waals surface area contributed by atoms with Crippen LogP contribution in [-0.4, -0.2) is 0 Å². The van der Waals surface area contributed by atoms with Crippen LogP contribution in [0.2, 0.25) is 0 Å². The van der Waals surface area contributed by atoms with Crippen LogP contribution in [0.15, 0.2) is 30.9 Å². The Hall–Kier alpha value is -1.55. The minimum absolute atomic E-state index is 0.0516. The molecule has 0 bridgehead atoms. The van der Waals surface area contributed by atoms with Gasteiger partial charge in [0, 0.05) is 5.92 Å². The molecule has 0 saturated heterocycles. The Labute approximate surface area is 92.1 Å². The summed E-state index contributed by atoms with van der Waals surface area (Å²) in [6, 6.07) is 7.93. The summed E-state index contributed by atoms with van der Waals surface area (Å²) in [6.07, 6.45) is 1.81. The first-order chi connectivity index (χ1) is 7.10. The molecule has 0 aliphatic heterocycles. The van der Waals surface area contributed by atoms with E-state index < -0.39 is 0 Å². The summed E-state index contributed by atoms with van der Waals surface area (Å²) < 4.78 is 0. The fourth-order valence-electron chi connectivity index (χ4n) is 1.62. The molecular formula is C14H16N. The highest BCUT2D eigenvalue weighted by atomic mass is 14.2. The molecule has 1 heteroatoms. The Morgan fingerprint density at radius 3 is 2.47 bits per heavy atom. The van der Waals surface area contributed by atoms with Crippen molar-refractivity contribution in [1.82, 2.24) is 0 Å². The zero-order valence-corrected chi connectivity index (χ0v) is 9.33. The third-order valence-electron chi connectivity index (χ3n) is 2.52. The maximum absolute atomic E-state index is 8.85. The fraction of sp³-hybridized carbons (Fsp3) is 0.286. The standard InChI is InChI=1S/C14H16N/c1-5-11(4)14-8-12(9-15)6-7-13(14)10(2)3/h5-8,10-11H,1,4H2,2-3H3. The molecule has 1 nitrogen and oxygen atoms in total. The van der Waals surface area contributed by atoms with Crippen molar-refractivity contribution < 1.29 is 0 Å². The van der Waals surface area contributed by atoms with Crippen molar-refractivity contribution in [1.29, 1.82) is 5.26 Å². The van der Waals surface area contributed by atoms with Gasteiger partial charge in [-0.05, 0) is 36.1 Å². The van der Waals surface area contributed by atoms with E-state index in [9.17, 15) is 0 Å². The van der Waals surface area contributed by atoms with E-state index in [4.69, 9.17) is 5.26 Å². The van der Waals surface area contributed by atoms with Crippen LogP contribution in [0.3, 0.4) is 0 Å². The maximum atomic E-state index is 8.85. The predicted octanol–water partition coefficient (Wildman–Crippen LogP) is 3.79. The summed E-state index contributed by atoms with van der Waals surface area (Å²) in [4.78, 5) is 0. The Bertz CT molecular complexity index is 396. The number of rotatable bonds is 3. The lowest BCUT2D eigenvalue weighted by atomic mass is 9.88. The molecule has 0 heterocycles. The first-order valence-electron chi connectivity index (χ1n) is 5.09. The van der Waals surface area contributed by atoms with Gasteiger partial charge in [-0.2, -0.15) is 5.26 Å². The average Bonchev–Trinajstić information content (AvgIpc) is 2.26. The average molecular weight is 198 g/mol. The second-order valence-electron chi connectivity index (χ2n) is 3.95. The summed E-state index contributed by atoms with van der Waals surface area (Å²) in [6.45, 7) is 12.0. The molecular weight excluding hydrogens is 182 g/mol. The molecule has 0 aromatic heterocycles. The van der Waals surface area contributed by atoms with Gasteiger partial charge in [-0.15, -0.1) is 6.58 Å². The number of hydrogen-bond donors (Lipinski definition) is 0. The topological polar surface area (TPSA) is 23.8 Å². The molecule has 1 unspecified atom stereocenters. The van der Waals surface area contributed by atoms with Crippen molar-refractivity contribution in [3.8, 4) is 6.07 Å². The second-order valence-corrected chi connectivity index (χ2v) is 3.95. The van der Waals surface area contributed by atoms with E-state index in [2.05, 4.69) is 33.4 Å². The lowest BCUT2D eigenvalue weighted by molar-refractivity contribution is 0.838. The molecule has 0 fully saturated rings. The largest absolute Gasteiger partial charge is 0.192 e. The third-order valence-corrected chi connectivity index (χ3v) is 2.52. The van der Waals surface area contributed by atoms with Crippen LogP contribution in [0.25, 0.3) is 0 Å². The van der Waals surface area contributed by atoms with E-state index >= 15 is 0 Å². The zero-order valence-electron chi connectivity index (χ0n) is 9.33. The quantitative estimate of drug-likeness (QED) is 0.678. The maximum Gasteiger partial charge on any atom is 0.0991 e. The number of allylic oxidation sites excluding steroid dienone is 1. The lowest BCUT2D eigenvalue weighted by Gasteiger charge is -2.16. The van der Waals surface area contributed by atoms with Gasteiger partial charge < -0.3 is 0 Å². The van der Waals surface area contributed by atoms with Crippen molar-refractivity contribution in [2.45, 2.75) is 25.7 Å². The van der Waals surface area contributed by atoms with Gasteiger partial charge in [-0.3, -0.25) is 0 Å². The van der Waals surface area contributed by atoms with Gasteiger partial charge >= 0.3 is 0 Å². The normalized spacial score (nSPS) is 12.2. The van der Waals surface area contributed by atoms with E-state index in [1.54, 1.807) is 0 Å². The molecule has 0 saturated carbocycles. The highest BCUT2D eigenvalue weighted by Gasteiger charge is 2.11. The van der Waals surface area contributed by atoms with E-state index in [-0.39, 0.29) is 5.92 Å².